The van der Waals surface area contributed by atoms with Crippen LogP contribution >= 0.6 is 0 Å². The zero-order valence-corrected chi connectivity index (χ0v) is 8.57. The number of carbonyl (C=O) groups is 1. The van der Waals surface area contributed by atoms with Crippen LogP contribution in [0.15, 0.2) is 42.5 Å². The second-order valence-corrected chi connectivity index (χ2v) is 3.30. The third kappa shape index (κ3) is 1.99. The molecule has 0 aromatic rings. The summed E-state index contributed by atoms with van der Waals surface area (Å²) in [4.78, 5) is 11.2. The smallest absolute Gasteiger partial charge is 0.310 e. The van der Waals surface area contributed by atoms with Gasteiger partial charge in [-0.3, -0.25) is 4.79 Å². The average Bonchev–Trinajstić information content (AvgIpc) is 2.50. The predicted octanol–water partition coefficient (Wildman–Crippen LogP) is 3.11. The number of esters is 1. The minimum absolute atomic E-state index is 0.200. The quantitative estimate of drug-likeness (QED) is 0.696. The average molecular weight is 200 g/mol. The molecule has 0 radical (unpaired) electrons. The van der Waals surface area contributed by atoms with Crippen LogP contribution in [0.4, 0.5) is 0 Å². The fraction of sp³-hybridized carbons (Fsp3) is 0.154. The molecule has 0 unspecified atom stereocenters. The molecular formula is C13H12O2. The van der Waals surface area contributed by atoms with Gasteiger partial charge in [0.05, 0.1) is 0 Å². The van der Waals surface area contributed by atoms with Crippen LogP contribution in [0.2, 0.25) is 0 Å². The van der Waals surface area contributed by atoms with E-state index in [4.69, 9.17) is 4.74 Å². The molecule has 0 N–H and O–H groups in total. The van der Waals surface area contributed by atoms with Gasteiger partial charge in [0.15, 0.2) is 0 Å². The maximum atomic E-state index is 11.2. The Hall–Kier alpha value is -1.83. The summed E-state index contributed by atoms with van der Waals surface area (Å²) in [6.07, 6.45) is 0.394. The van der Waals surface area contributed by atoms with Crippen molar-refractivity contribution in [1.29, 1.82) is 0 Å². The second kappa shape index (κ2) is 4.13. The molecule has 0 fully saturated rings. The van der Waals surface area contributed by atoms with Gasteiger partial charge in [-0.1, -0.05) is 43.3 Å². The molecule has 0 spiro atoms. The van der Waals surface area contributed by atoms with E-state index in [0.717, 1.165) is 11.1 Å². The summed E-state index contributed by atoms with van der Waals surface area (Å²) in [5, 5.41) is 0. The summed E-state index contributed by atoms with van der Waals surface area (Å²) in [5.74, 6) is 0.446. The Morgan fingerprint density at radius 2 is 1.93 bits per heavy atom. The number of ether oxygens (including phenoxy) is 1. The van der Waals surface area contributed by atoms with Gasteiger partial charge in [-0.2, -0.15) is 0 Å². The van der Waals surface area contributed by atoms with Crippen LogP contribution in [-0.4, -0.2) is 5.97 Å². The van der Waals surface area contributed by atoms with Crippen molar-refractivity contribution in [1.82, 2.24) is 0 Å². The summed E-state index contributed by atoms with van der Waals surface area (Å²) in [7, 11) is 0. The fourth-order valence-corrected chi connectivity index (χ4v) is 1.47. The lowest BCUT2D eigenvalue weighted by atomic mass is 10.2. The lowest BCUT2D eigenvalue weighted by molar-refractivity contribution is -0.133. The van der Waals surface area contributed by atoms with Crippen LogP contribution in [-0.2, 0) is 4.79 Å². The van der Waals surface area contributed by atoms with Gasteiger partial charge in [0.1, 0.15) is 5.75 Å². The van der Waals surface area contributed by atoms with Crippen molar-refractivity contribution < 1.29 is 9.53 Å². The molecule has 0 saturated heterocycles. The molecule has 2 rings (SSSR count). The fourth-order valence-electron chi connectivity index (χ4n) is 1.47. The number of carbonyl (C=O) groups excluding carboxylic acids is 1. The van der Waals surface area contributed by atoms with E-state index >= 15 is 0 Å². The van der Waals surface area contributed by atoms with Gasteiger partial charge < -0.3 is 4.74 Å². The van der Waals surface area contributed by atoms with Crippen LogP contribution in [0.5, 0.6) is 5.75 Å². The van der Waals surface area contributed by atoms with E-state index < -0.39 is 0 Å². The van der Waals surface area contributed by atoms with Crippen molar-refractivity contribution in [2.24, 2.45) is 0 Å². The van der Waals surface area contributed by atoms with Crippen LogP contribution in [0.25, 0.3) is 11.1 Å². The van der Waals surface area contributed by atoms with Gasteiger partial charge in [-0.15, -0.1) is 0 Å². The van der Waals surface area contributed by atoms with Crippen LogP contribution in [0, 0.1) is 0 Å². The Morgan fingerprint density at radius 3 is 2.73 bits per heavy atom. The van der Waals surface area contributed by atoms with E-state index in [-0.39, 0.29) is 5.97 Å². The first-order valence-corrected chi connectivity index (χ1v) is 4.99. The summed E-state index contributed by atoms with van der Waals surface area (Å²) in [6, 6.07) is 13.6. The van der Waals surface area contributed by atoms with Gasteiger partial charge >= 0.3 is 5.97 Å². The maximum absolute atomic E-state index is 11.2. The topological polar surface area (TPSA) is 26.3 Å². The molecule has 0 aromatic carbocycles. The van der Waals surface area contributed by atoms with E-state index in [1.807, 2.05) is 42.5 Å². The zero-order valence-electron chi connectivity index (χ0n) is 8.57. The van der Waals surface area contributed by atoms with Crippen molar-refractivity contribution in [3.63, 3.8) is 0 Å². The summed E-state index contributed by atoms with van der Waals surface area (Å²) >= 11 is 0. The molecule has 0 amide bonds. The van der Waals surface area contributed by atoms with Crippen LogP contribution in [0.1, 0.15) is 13.3 Å². The Kier molecular flexibility index (Phi) is 2.68. The Bertz CT molecular complexity index is 448. The first kappa shape index (κ1) is 9.71. The van der Waals surface area contributed by atoms with Gasteiger partial charge in [-0.05, 0) is 11.6 Å². The monoisotopic (exact) mass is 200 g/mol. The SMILES string of the molecule is CCC(=O)Oc1ccc2cccccc1-2. The van der Waals surface area contributed by atoms with Crippen molar-refractivity contribution in [2.75, 3.05) is 0 Å². The predicted molar refractivity (Wildman–Crippen MR) is 59.0 cm³/mol. The van der Waals surface area contributed by atoms with Crippen molar-refractivity contribution in [3.8, 4) is 16.9 Å². The third-order valence-corrected chi connectivity index (χ3v) is 2.26. The standard InChI is InChI=1S/C13H12O2/c1-2-13(14)15-12-9-8-10-6-4-3-5-7-11(10)12/h3-9H,2H2,1H3. The highest BCUT2D eigenvalue weighted by atomic mass is 16.5. The molecular weight excluding hydrogens is 188 g/mol. The maximum Gasteiger partial charge on any atom is 0.310 e. The molecule has 2 aliphatic carbocycles. The van der Waals surface area contributed by atoms with Crippen molar-refractivity contribution >= 4 is 5.97 Å². The molecule has 0 bridgehead atoms. The van der Waals surface area contributed by atoms with E-state index in [2.05, 4.69) is 0 Å². The third-order valence-electron chi connectivity index (χ3n) is 2.26. The van der Waals surface area contributed by atoms with Gasteiger partial charge in [0.25, 0.3) is 0 Å². The molecule has 0 atom stereocenters. The van der Waals surface area contributed by atoms with Crippen LogP contribution in [0.3, 0.4) is 0 Å². The molecule has 0 aliphatic heterocycles. The molecule has 2 heteroatoms. The number of fused-ring (bicyclic) bond motifs is 1. The Labute approximate surface area is 88.8 Å². The largest absolute Gasteiger partial charge is 0.426 e. The highest BCUT2D eigenvalue weighted by molar-refractivity contribution is 5.79. The van der Waals surface area contributed by atoms with Crippen molar-refractivity contribution in [3.05, 3.63) is 42.5 Å². The van der Waals surface area contributed by atoms with Gasteiger partial charge in [0, 0.05) is 12.0 Å². The van der Waals surface area contributed by atoms with Gasteiger partial charge in [-0.25, -0.2) is 0 Å². The lowest BCUT2D eigenvalue weighted by Crippen LogP contribution is -2.05. The Balaban J connectivity index is 2.36. The first-order valence-electron chi connectivity index (χ1n) is 4.99. The molecule has 2 aliphatic rings. The Morgan fingerprint density at radius 1 is 1.13 bits per heavy atom. The molecule has 0 aromatic heterocycles. The summed E-state index contributed by atoms with van der Waals surface area (Å²) in [5.41, 5.74) is 2.06. The second-order valence-electron chi connectivity index (χ2n) is 3.30. The van der Waals surface area contributed by atoms with E-state index in [1.165, 1.54) is 0 Å². The minimum atomic E-state index is -0.200. The lowest BCUT2D eigenvalue weighted by Gasteiger charge is -2.01. The highest BCUT2D eigenvalue weighted by Gasteiger charge is 2.11. The molecule has 76 valence electrons. The number of hydrogen-bond donors (Lipinski definition) is 0. The van der Waals surface area contributed by atoms with Crippen LogP contribution < -0.4 is 4.74 Å². The molecule has 0 heterocycles. The first-order chi connectivity index (χ1) is 7.31. The molecule has 2 nitrogen and oxygen atoms in total. The number of hydrogen-bond acceptors (Lipinski definition) is 2. The van der Waals surface area contributed by atoms with Crippen molar-refractivity contribution in [2.45, 2.75) is 13.3 Å². The molecule has 15 heavy (non-hydrogen) atoms. The molecule has 0 saturated carbocycles. The summed E-state index contributed by atoms with van der Waals surface area (Å²) in [6.45, 7) is 1.79. The van der Waals surface area contributed by atoms with E-state index in [1.54, 1.807) is 6.92 Å². The van der Waals surface area contributed by atoms with E-state index in [0.29, 0.717) is 12.2 Å². The minimum Gasteiger partial charge on any atom is -0.426 e. The van der Waals surface area contributed by atoms with Gasteiger partial charge in [0.2, 0.25) is 0 Å². The number of rotatable bonds is 2. The highest BCUT2D eigenvalue weighted by Crippen LogP contribution is 2.33. The zero-order chi connectivity index (χ0) is 10.7. The normalized spacial score (nSPS) is 10.2. The summed E-state index contributed by atoms with van der Waals surface area (Å²) < 4.78 is 5.22. The van der Waals surface area contributed by atoms with E-state index in [9.17, 15) is 4.79 Å².